The average Bonchev–Trinajstić information content (AvgIpc) is 3.23. The van der Waals surface area contributed by atoms with Crippen molar-refractivity contribution in [2.45, 2.75) is 0 Å². The zero-order valence-corrected chi connectivity index (χ0v) is 14.9. The molecule has 6 aromatic rings. The summed E-state index contributed by atoms with van der Waals surface area (Å²) in [5.74, 6) is 0. The molecule has 2 heterocycles. The van der Waals surface area contributed by atoms with Gasteiger partial charge in [0.05, 0.1) is 5.52 Å². The smallest absolute Gasteiger partial charge is 0.136 e. The second kappa shape index (κ2) is 5.24. The number of aromatic nitrogens is 1. The molecule has 4 aromatic carbocycles. The first-order chi connectivity index (χ1) is 13.3. The maximum atomic E-state index is 6.27. The van der Waals surface area contributed by atoms with Gasteiger partial charge in [-0.1, -0.05) is 66.7 Å². The monoisotopic (exact) mass is 347 g/mol. The van der Waals surface area contributed by atoms with E-state index in [-0.39, 0.29) is 0 Å². The predicted octanol–water partition coefficient (Wildman–Crippen LogP) is 6.90. The van der Waals surface area contributed by atoms with Crippen molar-refractivity contribution in [3.05, 3.63) is 84.9 Å². The number of para-hydroxylation sites is 2. The van der Waals surface area contributed by atoms with E-state index >= 15 is 0 Å². The Kier molecular flexibility index (Phi) is 2.84. The summed E-state index contributed by atoms with van der Waals surface area (Å²) in [6, 6.07) is 29.8. The first-order valence-corrected chi connectivity index (χ1v) is 9.20. The molecule has 0 aliphatic rings. The highest BCUT2D eigenvalue weighted by Crippen LogP contribution is 2.44. The van der Waals surface area contributed by atoms with E-state index in [1.54, 1.807) is 0 Å². The molecular weight excluding hydrogens is 330 g/mol. The normalized spacial score (nSPS) is 11.9. The van der Waals surface area contributed by atoms with Gasteiger partial charge >= 0.3 is 0 Å². The topological polar surface area (TPSA) is 18.1 Å². The number of benzene rings is 4. The molecule has 2 nitrogen and oxygen atoms in total. The summed E-state index contributed by atoms with van der Waals surface area (Å²) in [5.41, 5.74) is 6.82. The van der Waals surface area contributed by atoms with Crippen LogP contribution in [-0.4, -0.2) is 4.57 Å². The molecule has 2 heteroatoms. The number of nitrogens with zero attached hydrogens (tertiary/aromatic N) is 1. The number of rotatable bonds is 1. The molecule has 0 aliphatic heterocycles. The van der Waals surface area contributed by atoms with E-state index in [0.717, 1.165) is 11.2 Å². The number of furan rings is 1. The third-order valence-corrected chi connectivity index (χ3v) is 5.59. The molecule has 0 unspecified atom stereocenters. The lowest BCUT2D eigenvalue weighted by molar-refractivity contribution is 0.669. The summed E-state index contributed by atoms with van der Waals surface area (Å²) < 4.78 is 8.59. The molecule has 0 fully saturated rings. The van der Waals surface area contributed by atoms with E-state index in [1.165, 1.54) is 43.7 Å². The zero-order valence-electron chi connectivity index (χ0n) is 14.9. The molecule has 0 amide bonds. The van der Waals surface area contributed by atoms with Crippen LogP contribution >= 0.6 is 0 Å². The van der Waals surface area contributed by atoms with Crippen molar-refractivity contribution in [3.8, 4) is 11.1 Å². The molecule has 6 rings (SSSR count). The van der Waals surface area contributed by atoms with Crippen LogP contribution in [0.2, 0.25) is 0 Å². The van der Waals surface area contributed by atoms with Gasteiger partial charge in [-0.05, 0) is 23.8 Å². The van der Waals surface area contributed by atoms with Gasteiger partial charge in [-0.25, -0.2) is 0 Å². The predicted molar refractivity (Wildman–Crippen MR) is 113 cm³/mol. The average molecular weight is 347 g/mol. The van der Waals surface area contributed by atoms with Crippen LogP contribution < -0.4 is 0 Å². The quantitative estimate of drug-likeness (QED) is 0.316. The Morgan fingerprint density at radius 2 is 1.37 bits per heavy atom. The van der Waals surface area contributed by atoms with Crippen LogP contribution in [0.4, 0.5) is 0 Å². The highest BCUT2D eigenvalue weighted by Gasteiger charge is 2.20. The van der Waals surface area contributed by atoms with Crippen molar-refractivity contribution in [2.24, 2.45) is 7.05 Å². The number of hydrogen-bond donors (Lipinski definition) is 0. The lowest BCUT2D eigenvalue weighted by Crippen LogP contribution is -1.91. The van der Waals surface area contributed by atoms with Gasteiger partial charge in [-0.3, -0.25) is 0 Å². The molecule has 0 saturated carbocycles. The van der Waals surface area contributed by atoms with Crippen molar-refractivity contribution < 1.29 is 4.42 Å². The van der Waals surface area contributed by atoms with E-state index in [2.05, 4.69) is 84.4 Å². The van der Waals surface area contributed by atoms with Crippen molar-refractivity contribution in [2.75, 3.05) is 0 Å². The minimum atomic E-state index is 0.935. The highest BCUT2D eigenvalue weighted by molar-refractivity contribution is 6.24. The van der Waals surface area contributed by atoms with E-state index in [1.807, 2.05) is 12.1 Å². The number of fused-ring (bicyclic) bond motifs is 6. The molecule has 0 N–H and O–H groups in total. The van der Waals surface area contributed by atoms with Gasteiger partial charge < -0.3 is 8.98 Å². The molecule has 0 spiro atoms. The zero-order chi connectivity index (χ0) is 18.0. The van der Waals surface area contributed by atoms with Crippen molar-refractivity contribution in [1.82, 2.24) is 4.57 Å². The molecule has 128 valence electrons. The van der Waals surface area contributed by atoms with Crippen molar-refractivity contribution in [3.63, 3.8) is 0 Å². The van der Waals surface area contributed by atoms with Crippen LogP contribution in [0.25, 0.3) is 54.9 Å². The maximum Gasteiger partial charge on any atom is 0.136 e. The van der Waals surface area contributed by atoms with E-state index < -0.39 is 0 Å². The first kappa shape index (κ1) is 14.6. The van der Waals surface area contributed by atoms with E-state index in [0.29, 0.717) is 0 Å². The third kappa shape index (κ3) is 1.90. The summed E-state index contributed by atoms with van der Waals surface area (Å²) in [7, 11) is 2.16. The Morgan fingerprint density at radius 1 is 0.667 bits per heavy atom. The van der Waals surface area contributed by atoms with Crippen LogP contribution in [0.1, 0.15) is 0 Å². The highest BCUT2D eigenvalue weighted by atomic mass is 16.3. The van der Waals surface area contributed by atoms with Crippen molar-refractivity contribution in [1.29, 1.82) is 0 Å². The fourth-order valence-corrected chi connectivity index (χ4v) is 4.43. The van der Waals surface area contributed by atoms with Gasteiger partial charge in [0.1, 0.15) is 11.2 Å². The van der Waals surface area contributed by atoms with Gasteiger partial charge in [0, 0.05) is 39.7 Å². The SMILES string of the molecule is Cn1c2ccccc2c2cc3oc4ccccc4c3c(-c3ccccc3)c21. The summed E-state index contributed by atoms with van der Waals surface area (Å²) in [6.07, 6.45) is 0. The van der Waals surface area contributed by atoms with Gasteiger partial charge in [-0.2, -0.15) is 0 Å². The summed E-state index contributed by atoms with van der Waals surface area (Å²) in [4.78, 5) is 0. The number of aryl methyl sites for hydroxylation is 1. The largest absolute Gasteiger partial charge is 0.456 e. The van der Waals surface area contributed by atoms with Gasteiger partial charge in [0.15, 0.2) is 0 Å². The Morgan fingerprint density at radius 3 is 2.22 bits per heavy atom. The Labute approximate surface area is 156 Å². The minimum Gasteiger partial charge on any atom is -0.456 e. The summed E-state index contributed by atoms with van der Waals surface area (Å²) in [5, 5.41) is 4.85. The lowest BCUT2D eigenvalue weighted by atomic mass is 9.96. The van der Waals surface area contributed by atoms with Gasteiger partial charge in [-0.15, -0.1) is 0 Å². The molecule has 0 saturated heterocycles. The lowest BCUT2D eigenvalue weighted by Gasteiger charge is -2.09. The minimum absolute atomic E-state index is 0.935. The van der Waals surface area contributed by atoms with Crippen LogP contribution in [-0.2, 0) is 7.05 Å². The van der Waals surface area contributed by atoms with E-state index in [4.69, 9.17) is 4.42 Å². The van der Waals surface area contributed by atoms with Gasteiger partial charge in [0.2, 0.25) is 0 Å². The molecule has 0 bridgehead atoms. The number of hydrogen-bond acceptors (Lipinski definition) is 1. The summed E-state index contributed by atoms with van der Waals surface area (Å²) in [6.45, 7) is 0. The molecule has 0 atom stereocenters. The molecular formula is C25H17NO. The van der Waals surface area contributed by atoms with Crippen LogP contribution in [0.15, 0.2) is 89.3 Å². The summed E-state index contributed by atoms with van der Waals surface area (Å²) >= 11 is 0. The molecule has 27 heavy (non-hydrogen) atoms. The molecule has 0 aliphatic carbocycles. The Hall–Kier alpha value is -3.52. The first-order valence-electron chi connectivity index (χ1n) is 9.20. The Balaban J connectivity index is 1.96. The third-order valence-electron chi connectivity index (χ3n) is 5.59. The molecule has 2 aromatic heterocycles. The second-order valence-electron chi connectivity index (χ2n) is 7.06. The van der Waals surface area contributed by atoms with E-state index in [9.17, 15) is 0 Å². The molecule has 0 radical (unpaired) electrons. The fraction of sp³-hybridized carbons (Fsp3) is 0.0400. The maximum absolute atomic E-state index is 6.27. The fourth-order valence-electron chi connectivity index (χ4n) is 4.43. The van der Waals surface area contributed by atoms with Crippen molar-refractivity contribution >= 4 is 43.7 Å². The Bertz CT molecular complexity index is 1470. The standard InChI is InChI=1S/C25H17NO/c1-26-20-13-7-5-11-17(20)19-15-22-24(18-12-6-8-14-21(18)27-22)23(25(19)26)16-9-3-2-4-10-16/h2-15H,1H3. The van der Waals surface area contributed by atoms with Gasteiger partial charge in [0.25, 0.3) is 0 Å². The second-order valence-corrected chi connectivity index (χ2v) is 7.06. The van der Waals surface area contributed by atoms with Crippen LogP contribution in [0.3, 0.4) is 0 Å². The van der Waals surface area contributed by atoms with Crippen LogP contribution in [0, 0.1) is 0 Å². The van der Waals surface area contributed by atoms with Crippen LogP contribution in [0.5, 0.6) is 0 Å².